The Hall–Kier alpha value is -0.120. The predicted molar refractivity (Wildman–Crippen MR) is 82.9 cm³/mol. The van der Waals surface area contributed by atoms with Crippen molar-refractivity contribution in [2.24, 2.45) is 16.7 Å². The number of rotatable bonds is 9. The van der Waals surface area contributed by atoms with E-state index in [4.69, 9.17) is 9.47 Å². The van der Waals surface area contributed by atoms with Gasteiger partial charge in [-0.25, -0.2) is 0 Å². The van der Waals surface area contributed by atoms with Crippen LogP contribution in [0.5, 0.6) is 0 Å². The smallest absolute Gasteiger partial charge is 0.0636 e. The van der Waals surface area contributed by atoms with Crippen molar-refractivity contribution in [3.8, 4) is 0 Å². The first-order valence-electron chi connectivity index (χ1n) is 8.33. The third-order valence-corrected chi connectivity index (χ3v) is 6.26. The van der Waals surface area contributed by atoms with Crippen molar-refractivity contribution in [1.82, 2.24) is 5.32 Å². The molecule has 2 bridgehead atoms. The zero-order chi connectivity index (χ0) is 14.6. The third-order valence-electron chi connectivity index (χ3n) is 6.26. The number of methoxy groups -OCH3 is 1. The molecule has 0 aromatic rings. The summed E-state index contributed by atoms with van der Waals surface area (Å²) in [7, 11) is 1.74. The summed E-state index contributed by atoms with van der Waals surface area (Å²) in [5.41, 5.74) is 0.883. The van der Waals surface area contributed by atoms with Gasteiger partial charge in [0.25, 0.3) is 0 Å². The SMILES string of the molecule is COCCNCCCCOC1CC2CCC1(C)C2(C)C. The Morgan fingerprint density at radius 2 is 1.90 bits per heavy atom. The Balaban J connectivity index is 1.59. The normalized spacial score (nSPS) is 34.8. The van der Waals surface area contributed by atoms with Gasteiger partial charge in [-0.2, -0.15) is 0 Å². The molecule has 20 heavy (non-hydrogen) atoms. The molecule has 0 spiro atoms. The molecule has 0 aliphatic heterocycles. The van der Waals surface area contributed by atoms with Crippen LogP contribution in [0.15, 0.2) is 0 Å². The third kappa shape index (κ3) is 3.05. The maximum Gasteiger partial charge on any atom is 0.0636 e. The minimum Gasteiger partial charge on any atom is -0.383 e. The molecule has 0 aromatic carbocycles. The van der Waals surface area contributed by atoms with Crippen LogP contribution in [-0.4, -0.2) is 39.5 Å². The van der Waals surface area contributed by atoms with Gasteiger partial charge in [0.1, 0.15) is 0 Å². The fourth-order valence-corrected chi connectivity index (χ4v) is 4.26. The summed E-state index contributed by atoms with van der Waals surface area (Å²) in [6.45, 7) is 11.1. The van der Waals surface area contributed by atoms with Gasteiger partial charge in [0, 0.05) is 20.3 Å². The number of unbranched alkanes of at least 4 members (excludes halogenated alkanes) is 1. The Labute approximate surface area is 124 Å². The van der Waals surface area contributed by atoms with Gasteiger partial charge in [0.05, 0.1) is 12.7 Å². The highest BCUT2D eigenvalue weighted by molar-refractivity contribution is 5.11. The van der Waals surface area contributed by atoms with E-state index in [0.717, 1.165) is 38.6 Å². The molecular weight excluding hydrogens is 250 g/mol. The first kappa shape index (κ1) is 16.3. The molecule has 2 fully saturated rings. The highest BCUT2D eigenvalue weighted by Crippen LogP contribution is 2.66. The van der Waals surface area contributed by atoms with Crippen LogP contribution in [-0.2, 0) is 9.47 Å². The van der Waals surface area contributed by atoms with E-state index in [2.05, 4.69) is 26.1 Å². The van der Waals surface area contributed by atoms with E-state index in [-0.39, 0.29) is 0 Å². The zero-order valence-electron chi connectivity index (χ0n) is 13.8. The fraction of sp³-hybridized carbons (Fsp3) is 1.00. The van der Waals surface area contributed by atoms with E-state index in [0.29, 0.717) is 16.9 Å². The van der Waals surface area contributed by atoms with Crippen molar-refractivity contribution < 1.29 is 9.47 Å². The molecule has 2 saturated carbocycles. The average molecular weight is 283 g/mol. The lowest BCUT2D eigenvalue weighted by molar-refractivity contribution is -0.0474. The largest absolute Gasteiger partial charge is 0.383 e. The second-order valence-corrected chi connectivity index (χ2v) is 7.42. The second kappa shape index (κ2) is 6.76. The molecule has 3 nitrogen and oxygen atoms in total. The molecule has 0 amide bonds. The summed E-state index contributed by atoms with van der Waals surface area (Å²) in [4.78, 5) is 0. The van der Waals surface area contributed by atoms with Crippen LogP contribution in [0.3, 0.4) is 0 Å². The standard InChI is InChI=1S/C17H33NO2/c1-16(2)14-7-8-17(16,3)15(13-14)20-11-6-5-9-18-10-12-19-4/h14-15,18H,5-13H2,1-4H3. The van der Waals surface area contributed by atoms with Crippen LogP contribution < -0.4 is 5.32 Å². The number of ether oxygens (including phenoxy) is 2. The summed E-state index contributed by atoms with van der Waals surface area (Å²) in [5.74, 6) is 0.883. The van der Waals surface area contributed by atoms with Crippen molar-refractivity contribution in [2.45, 2.75) is 59.0 Å². The van der Waals surface area contributed by atoms with E-state index < -0.39 is 0 Å². The van der Waals surface area contributed by atoms with Gasteiger partial charge in [-0.15, -0.1) is 0 Å². The fourth-order valence-electron chi connectivity index (χ4n) is 4.26. The summed E-state index contributed by atoms with van der Waals surface area (Å²) in [6.07, 6.45) is 6.91. The second-order valence-electron chi connectivity index (χ2n) is 7.42. The van der Waals surface area contributed by atoms with Crippen LogP contribution in [0.25, 0.3) is 0 Å². The molecule has 3 heteroatoms. The molecule has 2 rings (SSSR count). The van der Waals surface area contributed by atoms with Gasteiger partial charge in [0.2, 0.25) is 0 Å². The van der Waals surface area contributed by atoms with Crippen LogP contribution >= 0.6 is 0 Å². The summed E-state index contributed by atoms with van der Waals surface area (Å²) in [5, 5.41) is 3.38. The van der Waals surface area contributed by atoms with Crippen molar-refractivity contribution >= 4 is 0 Å². The van der Waals surface area contributed by atoms with Crippen LogP contribution in [0, 0.1) is 16.7 Å². The van der Waals surface area contributed by atoms with E-state index in [1.165, 1.54) is 25.7 Å². The Morgan fingerprint density at radius 1 is 1.10 bits per heavy atom. The molecule has 118 valence electrons. The molecule has 0 heterocycles. The molecule has 2 aliphatic rings. The first-order valence-corrected chi connectivity index (χ1v) is 8.33. The lowest BCUT2D eigenvalue weighted by Crippen LogP contribution is -2.37. The molecule has 3 unspecified atom stereocenters. The highest BCUT2D eigenvalue weighted by Gasteiger charge is 2.61. The zero-order valence-corrected chi connectivity index (χ0v) is 13.8. The van der Waals surface area contributed by atoms with Gasteiger partial charge in [-0.05, 0) is 55.4 Å². The lowest BCUT2D eigenvalue weighted by Gasteiger charge is -2.39. The maximum absolute atomic E-state index is 6.25. The highest BCUT2D eigenvalue weighted by atomic mass is 16.5. The first-order chi connectivity index (χ1) is 9.52. The molecule has 3 atom stereocenters. The molecule has 2 aliphatic carbocycles. The summed E-state index contributed by atoms with van der Waals surface area (Å²) < 4.78 is 11.3. The molecule has 0 radical (unpaired) electrons. The predicted octanol–water partition coefficient (Wildman–Crippen LogP) is 3.23. The van der Waals surface area contributed by atoms with Crippen LogP contribution in [0.1, 0.15) is 52.9 Å². The number of hydrogen-bond donors (Lipinski definition) is 1. The summed E-state index contributed by atoms with van der Waals surface area (Å²) >= 11 is 0. The Bertz CT molecular complexity index is 305. The molecule has 1 N–H and O–H groups in total. The van der Waals surface area contributed by atoms with Crippen LogP contribution in [0.2, 0.25) is 0 Å². The Morgan fingerprint density at radius 3 is 2.50 bits per heavy atom. The minimum absolute atomic E-state index is 0.411. The maximum atomic E-state index is 6.25. The van der Waals surface area contributed by atoms with Gasteiger partial charge < -0.3 is 14.8 Å². The van der Waals surface area contributed by atoms with E-state index in [1.54, 1.807) is 7.11 Å². The Kier molecular flexibility index (Phi) is 5.49. The number of fused-ring (bicyclic) bond motifs is 2. The topological polar surface area (TPSA) is 30.5 Å². The van der Waals surface area contributed by atoms with Gasteiger partial charge in [-0.1, -0.05) is 20.8 Å². The van der Waals surface area contributed by atoms with E-state index >= 15 is 0 Å². The average Bonchev–Trinajstić information content (AvgIpc) is 2.75. The van der Waals surface area contributed by atoms with Gasteiger partial charge in [-0.3, -0.25) is 0 Å². The number of nitrogens with one attached hydrogen (secondary N) is 1. The summed E-state index contributed by atoms with van der Waals surface area (Å²) in [6, 6.07) is 0. The van der Waals surface area contributed by atoms with Gasteiger partial charge in [0.15, 0.2) is 0 Å². The molecule has 0 saturated heterocycles. The number of hydrogen-bond acceptors (Lipinski definition) is 3. The van der Waals surface area contributed by atoms with E-state index in [9.17, 15) is 0 Å². The molecule has 0 aromatic heterocycles. The monoisotopic (exact) mass is 283 g/mol. The van der Waals surface area contributed by atoms with Crippen molar-refractivity contribution in [3.05, 3.63) is 0 Å². The molecular formula is C17H33NO2. The quantitative estimate of drug-likeness (QED) is 0.659. The van der Waals surface area contributed by atoms with Crippen LogP contribution in [0.4, 0.5) is 0 Å². The van der Waals surface area contributed by atoms with Crippen molar-refractivity contribution in [2.75, 3.05) is 33.4 Å². The van der Waals surface area contributed by atoms with Gasteiger partial charge >= 0.3 is 0 Å². The lowest BCUT2D eigenvalue weighted by atomic mass is 9.70. The van der Waals surface area contributed by atoms with E-state index in [1.807, 2.05) is 0 Å². The van der Waals surface area contributed by atoms with Crippen molar-refractivity contribution in [1.29, 1.82) is 0 Å². The van der Waals surface area contributed by atoms with Crippen molar-refractivity contribution in [3.63, 3.8) is 0 Å². The minimum atomic E-state index is 0.411.